The molecular formula is C10H12O6. The molecule has 0 rings (SSSR count). The second kappa shape index (κ2) is 5.69. The van der Waals surface area contributed by atoms with E-state index in [1.54, 1.807) is 13.8 Å². The molecule has 0 atom stereocenters. The third-order valence-electron chi connectivity index (χ3n) is 1.67. The van der Waals surface area contributed by atoms with Gasteiger partial charge in [-0.3, -0.25) is 4.79 Å². The van der Waals surface area contributed by atoms with Crippen molar-refractivity contribution >= 4 is 17.7 Å². The Morgan fingerprint density at radius 2 is 1.44 bits per heavy atom. The van der Waals surface area contributed by atoms with Crippen molar-refractivity contribution in [2.45, 2.75) is 13.8 Å². The first-order valence-corrected chi connectivity index (χ1v) is 4.39. The number of carbonyl (C=O) groups is 3. The zero-order valence-electron chi connectivity index (χ0n) is 8.80. The average Bonchev–Trinajstić information content (AvgIpc) is 2.16. The highest BCUT2D eigenvalue weighted by Crippen LogP contribution is 2.06. The van der Waals surface area contributed by atoms with E-state index < -0.39 is 23.3 Å². The number of ketones is 1. The fourth-order valence-electron chi connectivity index (χ4n) is 0.725. The van der Waals surface area contributed by atoms with Crippen molar-refractivity contribution in [1.29, 1.82) is 0 Å². The molecule has 0 aliphatic rings. The maximum atomic E-state index is 11.1. The fourth-order valence-corrected chi connectivity index (χ4v) is 0.725. The molecular weight excluding hydrogens is 216 g/mol. The van der Waals surface area contributed by atoms with Crippen molar-refractivity contribution in [1.82, 2.24) is 0 Å². The van der Waals surface area contributed by atoms with Gasteiger partial charge in [0.25, 0.3) is 0 Å². The molecule has 0 bridgehead atoms. The normalized spacial score (nSPS) is 12.7. The molecule has 0 unspecified atom stereocenters. The van der Waals surface area contributed by atoms with Crippen LogP contribution in [-0.4, -0.2) is 33.0 Å². The van der Waals surface area contributed by atoms with E-state index in [1.165, 1.54) is 0 Å². The van der Waals surface area contributed by atoms with Crippen molar-refractivity contribution < 1.29 is 29.7 Å². The maximum absolute atomic E-state index is 11.1. The molecule has 88 valence electrons. The van der Waals surface area contributed by atoms with Gasteiger partial charge >= 0.3 is 11.9 Å². The van der Waals surface area contributed by atoms with Gasteiger partial charge in [-0.05, 0) is 12.2 Å². The van der Waals surface area contributed by atoms with Crippen LogP contribution >= 0.6 is 0 Å². The summed E-state index contributed by atoms with van der Waals surface area (Å²) in [5.74, 6) is -5.39. The highest BCUT2D eigenvalue weighted by atomic mass is 16.4. The number of carbonyl (C=O) groups excluding carboxylic acids is 1. The van der Waals surface area contributed by atoms with Crippen molar-refractivity contribution in [2.75, 3.05) is 0 Å². The van der Waals surface area contributed by atoms with Gasteiger partial charge < -0.3 is 15.3 Å². The predicted molar refractivity (Wildman–Crippen MR) is 53.9 cm³/mol. The van der Waals surface area contributed by atoms with Gasteiger partial charge in [0, 0.05) is 5.92 Å². The lowest BCUT2D eigenvalue weighted by atomic mass is 10.1. The molecule has 3 N–H and O–H groups in total. The van der Waals surface area contributed by atoms with Crippen molar-refractivity contribution in [3.63, 3.8) is 0 Å². The molecule has 0 aliphatic heterocycles. The number of hydrogen-bond donors (Lipinski definition) is 3. The predicted octanol–water partition coefficient (Wildman–Crippen LogP) is 0.749. The number of allylic oxidation sites excluding steroid dienone is 1. The van der Waals surface area contributed by atoms with Crippen LogP contribution in [0.3, 0.4) is 0 Å². The summed E-state index contributed by atoms with van der Waals surface area (Å²) in [5, 5.41) is 25.9. The number of carboxylic acid groups (broad SMARTS) is 2. The lowest BCUT2D eigenvalue weighted by Gasteiger charge is -1.99. The van der Waals surface area contributed by atoms with Crippen molar-refractivity contribution in [3.05, 3.63) is 23.5 Å². The summed E-state index contributed by atoms with van der Waals surface area (Å²) in [5.41, 5.74) is -0.832. The van der Waals surface area contributed by atoms with Gasteiger partial charge in [0.15, 0.2) is 5.78 Å². The third kappa shape index (κ3) is 3.95. The quantitative estimate of drug-likeness (QED) is 0.363. The highest BCUT2D eigenvalue weighted by Gasteiger charge is 2.17. The number of aliphatic hydroxyl groups is 1. The topological polar surface area (TPSA) is 112 Å². The first-order valence-electron chi connectivity index (χ1n) is 4.39. The second-order valence-corrected chi connectivity index (χ2v) is 3.26. The highest BCUT2D eigenvalue weighted by molar-refractivity contribution is 6.01. The van der Waals surface area contributed by atoms with Crippen LogP contribution in [0.1, 0.15) is 13.8 Å². The van der Waals surface area contributed by atoms with E-state index in [4.69, 9.17) is 15.3 Å². The van der Waals surface area contributed by atoms with Crippen LogP contribution in [0.2, 0.25) is 0 Å². The molecule has 0 aromatic rings. The molecule has 6 nitrogen and oxygen atoms in total. The molecule has 0 spiro atoms. The molecule has 0 fully saturated rings. The van der Waals surface area contributed by atoms with Gasteiger partial charge in [0.2, 0.25) is 5.76 Å². The second-order valence-electron chi connectivity index (χ2n) is 3.26. The van der Waals surface area contributed by atoms with E-state index in [0.29, 0.717) is 0 Å². The third-order valence-corrected chi connectivity index (χ3v) is 1.67. The number of aliphatic hydroxyl groups excluding tert-OH is 1. The molecule has 0 aromatic carbocycles. The van der Waals surface area contributed by atoms with Crippen LogP contribution in [0.25, 0.3) is 0 Å². The van der Waals surface area contributed by atoms with E-state index >= 15 is 0 Å². The van der Waals surface area contributed by atoms with Crippen LogP contribution < -0.4 is 0 Å². The van der Waals surface area contributed by atoms with Gasteiger partial charge in [-0.2, -0.15) is 0 Å². The summed E-state index contributed by atoms with van der Waals surface area (Å²) in [6.07, 6.45) is 1.70. The number of aliphatic carboxylic acids is 2. The van der Waals surface area contributed by atoms with Crippen LogP contribution in [-0.2, 0) is 14.4 Å². The zero-order valence-corrected chi connectivity index (χ0v) is 8.80. The molecule has 0 heterocycles. The Kier molecular flexibility index (Phi) is 4.94. The number of carboxylic acids is 2. The summed E-state index contributed by atoms with van der Waals surface area (Å²) < 4.78 is 0. The van der Waals surface area contributed by atoms with Gasteiger partial charge in [0.05, 0.1) is 0 Å². The molecule has 0 aliphatic carbocycles. The molecule has 0 radical (unpaired) electrons. The van der Waals surface area contributed by atoms with E-state index in [9.17, 15) is 14.4 Å². The van der Waals surface area contributed by atoms with Crippen LogP contribution in [0.5, 0.6) is 0 Å². The first kappa shape index (κ1) is 13.9. The smallest absolute Gasteiger partial charge is 0.371 e. The summed E-state index contributed by atoms with van der Waals surface area (Å²) in [7, 11) is 0. The first-order chi connectivity index (χ1) is 7.27. The van der Waals surface area contributed by atoms with E-state index in [-0.39, 0.29) is 11.7 Å². The summed E-state index contributed by atoms with van der Waals surface area (Å²) >= 11 is 0. The van der Waals surface area contributed by atoms with Crippen molar-refractivity contribution in [2.24, 2.45) is 5.92 Å². The van der Waals surface area contributed by atoms with Crippen LogP contribution in [0, 0.1) is 5.92 Å². The summed E-state index contributed by atoms with van der Waals surface area (Å²) in [6.45, 7) is 3.21. The minimum atomic E-state index is -1.76. The summed E-state index contributed by atoms with van der Waals surface area (Å²) in [6, 6.07) is 0. The molecule has 0 saturated heterocycles. The molecule has 0 amide bonds. The van der Waals surface area contributed by atoms with Gasteiger partial charge in [-0.25, -0.2) is 9.59 Å². The lowest BCUT2D eigenvalue weighted by Crippen LogP contribution is -2.10. The minimum Gasteiger partial charge on any atom is -0.501 e. The van der Waals surface area contributed by atoms with Crippen molar-refractivity contribution in [3.8, 4) is 0 Å². The van der Waals surface area contributed by atoms with Crippen LogP contribution in [0.4, 0.5) is 0 Å². The Labute approximate surface area is 91.5 Å². The largest absolute Gasteiger partial charge is 0.501 e. The Bertz CT molecular complexity index is 375. The number of hydrogen-bond acceptors (Lipinski definition) is 4. The summed E-state index contributed by atoms with van der Waals surface area (Å²) in [4.78, 5) is 32.0. The fraction of sp³-hybridized carbons (Fsp3) is 0.300. The number of rotatable bonds is 5. The standard InChI is InChI=1S/C10H12O6/c1-5(2)7(11)4-3-6(9(13)14)8(12)10(15)16/h3-5,12H,1-2H3,(H,13,14)(H,15,16)/b4-3-,8-6?. The van der Waals surface area contributed by atoms with Gasteiger partial charge in [-0.1, -0.05) is 13.8 Å². The Hall–Kier alpha value is -2.11. The minimum absolute atomic E-state index is 0.335. The SMILES string of the molecule is CC(C)C(=O)/C=C\C(C(=O)O)=C(O)C(=O)O. The van der Waals surface area contributed by atoms with E-state index in [1.807, 2.05) is 0 Å². The Morgan fingerprint density at radius 3 is 1.75 bits per heavy atom. The Morgan fingerprint density at radius 1 is 0.938 bits per heavy atom. The van der Waals surface area contributed by atoms with Crippen LogP contribution in [0.15, 0.2) is 23.5 Å². The molecule has 6 heteroatoms. The average molecular weight is 228 g/mol. The molecule has 0 aromatic heterocycles. The Balaban J connectivity index is 5.15. The van der Waals surface area contributed by atoms with E-state index in [0.717, 1.165) is 12.2 Å². The monoisotopic (exact) mass is 228 g/mol. The van der Waals surface area contributed by atoms with Gasteiger partial charge in [0.1, 0.15) is 5.57 Å². The maximum Gasteiger partial charge on any atom is 0.371 e. The lowest BCUT2D eigenvalue weighted by molar-refractivity contribution is -0.138. The van der Waals surface area contributed by atoms with Gasteiger partial charge in [-0.15, -0.1) is 0 Å². The van der Waals surface area contributed by atoms with E-state index in [2.05, 4.69) is 0 Å². The molecule has 0 saturated carbocycles. The zero-order chi connectivity index (χ0) is 12.9. The molecule has 16 heavy (non-hydrogen) atoms.